The van der Waals surface area contributed by atoms with E-state index in [0.717, 1.165) is 22.9 Å². The van der Waals surface area contributed by atoms with Crippen molar-refractivity contribution in [3.05, 3.63) is 34.3 Å². The maximum absolute atomic E-state index is 12.3. The van der Waals surface area contributed by atoms with Gasteiger partial charge < -0.3 is 10.1 Å². The van der Waals surface area contributed by atoms with E-state index in [-0.39, 0.29) is 17.3 Å². The topological polar surface area (TPSA) is 55.4 Å². The number of ether oxygens (including phenoxy) is 1. The predicted octanol–water partition coefficient (Wildman–Crippen LogP) is 2.94. The molecule has 0 aliphatic heterocycles. The fourth-order valence-corrected chi connectivity index (χ4v) is 2.64. The van der Waals surface area contributed by atoms with Crippen LogP contribution >= 0.6 is 15.9 Å². The number of esters is 1. The van der Waals surface area contributed by atoms with Gasteiger partial charge in [-0.25, -0.2) is 0 Å². The van der Waals surface area contributed by atoms with Crippen LogP contribution in [-0.2, 0) is 19.7 Å². The summed E-state index contributed by atoms with van der Waals surface area (Å²) in [5, 5.41) is 2.94. The van der Waals surface area contributed by atoms with Crippen LogP contribution in [0.3, 0.4) is 0 Å². The third-order valence-electron chi connectivity index (χ3n) is 3.73. The Hall–Kier alpha value is -1.36. The Morgan fingerprint density at radius 1 is 1.29 bits per heavy atom. The Bertz CT molecular complexity index is 509. The smallest absolute Gasteiger partial charge is 0.305 e. The second kappa shape index (κ2) is 7.07. The molecule has 0 spiro atoms. The highest BCUT2D eigenvalue weighted by Crippen LogP contribution is 2.48. The van der Waals surface area contributed by atoms with Crippen LogP contribution in [0.1, 0.15) is 38.2 Å². The number of hydrogen-bond acceptors (Lipinski definition) is 3. The van der Waals surface area contributed by atoms with E-state index in [9.17, 15) is 9.59 Å². The molecular weight excluding hydrogens is 334 g/mol. The van der Waals surface area contributed by atoms with Crippen molar-refractivity contribution in [2.75, 3.05) is 13.2 Å². The molecule has 4 nitrogen and oxygen atoms in total. The number of hydrogen-bond donors (Lipinski definition) is 1. The summed E-state index contributed by atoms with van der Waals surface area (Å²) < 4.78 is 5.86. The molecule has 0 saturated heterocycles. The molecule has 0 bridgehead atoms. The minimum absolute atomic E-state index is 0.0636. The Balaban J connectivity index is 1.80. The summed E-state index contributed by atoms with van der Waals surface area (Å²) in [5.74, 6) is -0.144. The number of carbonyl (C=O) groups is 2. The van der Waals surface area contributed by atoms with Crippen molar-refractivity contribution < 1.29 is 14.3 Å². The van der Waals surface area contributed by atoms with Gasteiger partial charge in [-0.3, -0.25) is 9.59 Å². The van der Waals surface area contributed by atoms with Crippen LogP contribution in [0, 0.1) is 0 Å². The summed E-state index contributed by atoms with van der Waals surface area (Å²) in [6, 6.07) is 7.91. The van der Waals surface area contributed by atoms with E-state index in [1.165, 1.54) is 0 Å². The zero-order valence-electron chi connectivity index (χ0n) is 12.2. The zero-order valence-corrected chi connectivity index (χ0v) is 13.7. The minimum atomic E-state index is -0.357. The molecule has 0 heterocycles. The highest BCUT2D eigenvalue weighted by Gasteiger charge is 2.50. The molecule has 5 heteroatoms. The van der Waals surface area contributed by atoms with Crippen molar-refractivity contribution in [3.8, 4) is 0 Å². The average Bonchev–Trinajstić information content (AvgIpc) is 3.26. The van der Waals surface area contributed by atoms with Crippen LogP contribution in [0.5, 0.6) is 0 Å². The maximum atomic E-state index is 12.3. The van der Waals surface area contributed by atoms with Crippen LogP contribution in [0.2, 0.25) is 0 Å². The summed E-state index contributed by atoms with van der Waals surface area (Å²) in [7, 11) is 0. The highest BCUT2D eigenvalue weighted by molar-refractivity contribution is 9.10. The third kappa shape index (κ3) is 4.06. The van der Waals surface area contributed by atoms with Crippen molar-refractivity contribution in [2.45, 2.75) is 38.0 Å². The van der Waals surface area contributed by atoms with Crippen LogP contribution in [0.25, 0.3) is 0 Å². The van der Waals surface area contributed by atoms with Gasteiger partial charge in [0.25, 0.3) is 0 Å². The lowest BCUT2D eigenvalue weighted by molar-refractivity contribution is -0.143. The quantitative estimate of drug-likeness (QED) is 0.605. The van der Waals surface area contributed by atoms with Gasteiger partial charge in [0, 0.05) is 17.4 Å². The molecule has 2 rings (SSSR count). The van der Waals surface area contributed by atoms with Gasteiger partial charge in [-0.1, -0.05) is 28.1 Å². The first-order valence-electron chi connectivity index (χ1n) is 7.28. The van der Waals surface area contributed by atoms with Gasteiger partial charge in [0.2, 0.25) is 5.91 Å². The molecule has 114 valence electrons. The second-order valence-corrected chi connectivity index (χ2v) is 6.17. The summed E-state index contributed by atoms with van der Waals surface area (Å²) in [4.78, 5) is 23.6. The average molecular weight is 354 g/mol. The first kappa shape index (κ1) is 16.0. The number of benzene rings is 1. The molecule has 1 saturated carbocycles. The lowest BCUT2D eigenvalue weighted by Crippen LogP contribution is -2.35. The van der Waals surface area contributed by atoms with E-state index in [2.05, 4.69) is 21.2 Å². The van der Waals surface area contributed by atoms with Crippen molar-refractivity contribution in [3.63, 3.8) is 0 Å². The Morgan fingerprint density at radius 2 is 1.95 bits per heavy atom. The summed E-state index contributed by atoms with van der Waals surface area (Å²) in [6.45, 7) is 2.70. The predicted molar refractivity (Wildman–Crippen MR) is 83.9 cm³/mol. The molecule has 1 amide bonds. The van der Waals surface area contributed by atoms with Gasteiger partial charge in [-0.2, -0.15) is 0 Å². The SMILES string of the molecule is CCOC(=O)CCCNC(=O)C1(c2ccc(Br)cc2)CC1. The Labute approximate surface area is 133 Å². The van der Waals surface area contributed by atoms with Gasteiger partial charge in [0.1, 0.15) is 0 Å². The largest absolute Gasteiger partial charge is 0.466 e. The summed E-state index contributed by atoms with van der Waals surface area (Å²) >= 11 is 3.40. The van der Waals surface area contributed by atoms with Crippen LogP contribution in [-0.4, -0.2) is 25.0 Å². The Kier molecular flexibility index (Phi) is 5.39. The first-order chi connectivity index (χ1) is 10.1. The molecule has 0 aromatic heterocycles. The van der Waals surface area contributed by atoms with E-state index in [1.807, 2.05) is 24.3 Å². The number of amides is 1. The summed E-state index contributed by atoms with van der Waals surface area (Å²) in [5.41, 5.74) is 0.707. The third-order valence-corrected chi connectivity index (χ3v) is 4.26. The van der Waals surface area contributed by atoms with E-state index in [4.69, 9.17) is 4.74 Å². The molecule has 21 heavy (non-hydrogen) atoms. The van der Waals surface area contributed by atoms with Crippen LogP contribution < -0.4 is 5.32 Å². The monoisotopic (exact) mass is 353 g/mol. The second-order valence-electron chi connectivity index (χ2n) is 5.25. The van der Waals surface area contributed by atoms with Crippen molar-refractivity contribution in [1.29, 1.82) is 0 Å². The number of carbonyl (C=O) groups excluding carboxylic acids is 2. The molecule has 1 aromatic rings. The van der Waals surface area contributed by atoms with Gasteiger partial charge in [0.15, 0.2) is 0 Å². The van der Waals surface area contributed by atoms with Crippen molar-refractivity contribution in [2.24, 2.45) is 0 Å². The first-order valence-corrected chi connectivity index (χ1v) is 8.08. The van der Waals surface area contributed by atoms with E-state index in [0.29, 0.717) is 26.0 Å². The molecular formula is C16H20BrNO3. The van der Waals surface area contributed by atoms with Crippen LogP contribution in [0.15, 0.2) is 28.7 Å². The lowest BCUT2D eigenvalue weighted by atomic mass is 9.95. The fraction of sp³-hybridized carbons (Fsp3) is 0.500. The number of rotatable bonds is 7. The van der Waals surface area contributed by atoms with E-state index >= 15 is 0 Å². The highest BCUT2D eigenvalue weighted by atomic mass is 79.9. The van der Waals surface area contributed by atoms with Gasteiger partial charge >= 0.3 is 5.97 Å². The minimum Gasteiger partial charge on any atom is -0.466 e. The Morgan fingerprint density at radius 3 is 2.52 bits per heavy atom. The van der Waals surface area contributed by atoms with Crippen molar-refractivity contribution >= 4 is 27.8 Å². The lowest BCUT2D eigenvalue weighted by Gasteiger charge is -2.15. The van der Waals surface area contributed by atoms with E-state index in [1.54, 1.807) is 6.92 Å². The fourth-order valence-electron chi connectivity index (χ4n) is 2.38. The molecule has 1 fully saturated rings. The van der Waals surface area contributed by atoms with Crippen molar-refractivity contribution in [1.82, 2.24) is 5.32 Å². The molecule has 1 aromatic carbocycles. The molecule has 0 atom stereocenters. The molecule has 0 unspecified atom stereocenters. The van der Waals surface area contributed by atoms with Crippen LogP contribution in [0.4, 0.5) is 0 Å². The summed E-state index contributed by atoms with van der Waals surface area (Å²) in [6.07, 6.45) is 2.73. The van der Waals surface area contributed by atoms with Gasteiger partial charge in [-0.05, 0) is 43.9 Å². The van der Waals surface area contributed by atoms with E-state index < -0.39 is 0 Å². The molecule has 1 aliphatic carbocycles. The standard InChI is InChI=1S/C16H20BrNO3/c1-2-21-14(19)4-3-11-18-15(20)16(9-10-16)12-5-7-13(17)8-6-12/h5-8H,2-4,9-11H2,1H3,(H,18,20). The maximum Gasteiger partial charge on any atom is 0.305 e. The molecule has 0 radical (unpaired) electrons. The van der Waals surface area contributed by atoms with Gasteiger partial charge in [0.05, 0.1) is 12.0 Å². The molecule has 1 N–H and O–H groups in total. The number of halogens is 1. The van der Waals surface area contributed by atoms with Gasteiger partial charge in [-0.15, -0.1) is 0 Å². The number of nitrogens with one attached hydrogen (secondary N) is 1. The normalized spacial score (nSPS) is 15.3. The zero-order chi connectivity index (χ0) is 15.3. The molecule has 1 aliphatic rings.